The first-order chi connectivity index (χ1) is 13.6. The molecule has 150 valence electrons. The van der Waals surface area contributed by atoms with Crippen molar-refractivity contribution in [2.45, 2.75) is 32.0 Å². The molecule has 1 atom stereocenters. The summed E-state index contributed by atoms with van der Waals surface area (Å²) in [4.78, 5) is 2.55. The van der Waals surface area contributed by atoms with Gasteiger partial charge in [0.15, 0.2) is 11.5 Å². The Bertz CT molecular complexity index is 824. The van der Waals surface area contributed by atoms with E-state index in [1.165, 1.54) is 43.6 Å². The average molecular weight is 405 g/mol. The van der Waals surface area contributed by atoms with Crippen molar-refractivity contribution in [2.75, 3.05) is 26.7 Å². The minimum atomic E-state index is -0.355. The molecule has 0 aromatic heterocycles. The molecule has 0 aliphatic carbocycles. The molecule has 0 radical (unpaired) electrons. The Balaban J connectivity index is 1.37. The van der Waals surface area contributed by atoms with Crippen LogP contribution in [0.2, 0.25) is 5.02 Å². The average Bonchev–Trinajstić information content (AvgIpc) is 2.73. The Morgan fingerprint density at radius 3 is 2.64 bits per heavy atom. The quantitative estimate of drug-likeness (QED) is 0.748. The van der Waals surface area contributed by atoms with E-state index in [-0.39, 0.29) is 12.4 Å². The van der Waals surface area contributed by atoms with E-state index in [0.717, 1.165) is 24.6 Å². The van der Waals surface area contributed by atoms with Crippen molar-refractivity contribution in [1.82, 2.24) is 10.2 Å². The molecule has 2 aromatic rings. The molecule has 2 aromatic carbocycles. The minimum Gasteiger partial charge on any atom is -0.493 e. The summed E-state index contributed by atoms with van der Waals surface area (Å²) in [6.45, 7) is 4.73. The van der Waals surface area contributed by atoms with Crippen LogP contribution in [0.1, 0.15) is 24.0 Å². The summed E-state index contributed by atoms with van der Waals surface area (Å²) in [5.74, 6) is 1.78. The van der Waals surface area contributed by atoms with Gasteiger partial charge in [0.2, 0.25) is 0 Å². The number of hydrogen-bond acceptors (Lipinski definition) is 4. The van der Waals surface area contributed by atoms with Crippen LogP contribution < -0.4 is 14.8 Å². The molecule has 3 fully saturated rings. The third-order valence-corrected chi connectivity index (χ3v) is 6.20. The molecule has 4 nitrogen and oxygen atoms in total. The summed E-state index contributed by atoms with van der Waals surface area (Å²) in [6.07, 6.45) is 2.61. The Morgan fingerprint density at radius 2 is 1.96 bits per heavy atom. The van der Waals surface area contributed by atoms with Gasteiger partial charge < -0.3 is 19.7 Å². The highest BCUT2D eigenvalue weighted by Crippen LogP contribution is 2.31. The van der Waals surface area contributed by atoms with Crippen LogP contribution >= 0.6 is 11.6 Å². The van der Waals surface area contributed by atoms with Gasteiger partial charge in [-0.2, -0.15) is 0 Å². The topological polar surface area (TPSA) is 33.7 Å². The van der Waals surface area contributed by atoms with Crippen molar-refractivity contribution in [3.05, 3.63) is 58.4 Å². The van der Waals surface area contributed by atoms with Crippen molar-refractivity contribution < 1.29 is 13.9 Å². The van der Waals surface area contributed by atoms with Gasteiger partial charge in [0.05, 0.1) is 12.1 Å². The van der Waals surface area contributed by atoms with Crippen LogP contribution in [-0.2, 0) is 13.2 Å². The number of halogens is 2. The molecule has 28 heavy (non-hydrogen) atoms. The van der Waals surface area contributed by atoms with E-state index < -0.39 is 0 Å². The molecule has 3 saturated heterocycles. The number of nitrogens with one attached hydrogen (secondary N) is 1. The number of hydrogen-bond donors (Lipinski definition) is 1. The summed E-state index contributed by atoms with van der Waals surface area (Å²) in [5.41, 5.74) is 1.90. The molecule has 2 bridgehead atoms. The summed E-state index contributed by atoms with van der Waals surface area (Å²) >= 11 is 6.07. The Labute approximate surface area is 170 Å². The highest BCUT2D eigenvalue weighted by Gasteiger charge is 2.33. The van der Waals surface area contributed by atoms with Gasteiger partial charge in [0, 0.05) is 24.7 Å². The van der Waals surface area contributed by atoms with E-state index in [2.05, 4.69) is 16.3 Å². The second-order valence-corrected chi connectivity index (χ2v) is 8.04. The smallest absolute Gasteiger partial charge is 0.161 e. The molecule has 3 heterocycles. The molecule has 0 saturated carbocycles. The fraction of sp³-hybridized carbons (Fsp3) is 0.455. The van der Waals surface area contributed by atoms with Crippen LogP contribution in [0.15, 0.2) is 36.4 Å². The predicted octanol–water partition coefficient (Wildman–Crippen LogP) is 4.25. The lowest BCUT2D eigenvalue weighted by Crippen LogP contribution is -2.55. The van der Waals surface area contributed by atoms with E-state index in [1.807, 2.05) is 12.1 Å². The third-order valence-electron chi connectivity index (χ3n) is 5.85. The van der Waals surface area contributed by atoms with Gasteiger partial charge in [0.25, 0.3) is 0 Å². The third kappa shape index (κ3) is 4.43. The lowest BCUT2D eigenvalue weighted by Gasteiger charge is -2.45. The van der Waals surface area contributed by atoms with Gasteiger partial charge in [-0.05, 0) is 61.7 Å². The standard InChI is InChI=1S/C22H26ClFN2O2/c1-27-22-10-15(12-25-20-13-26-8-6-16(20)7-9-26)2-5-21(22)28-14-17-3-4-18(24)11-19(17)23/h2-5,10-11,16,20,25H,6-9,12-14H2,1H3. The lowest BCUT2D eigenvalue weighted by atomic mass is 9.84. The molecule has 0 amide bonds. The van der Waals surface area contributed by atoms with Crippen LogP contribution in [0.25, 0.3) is 0 Å². The molecule has 5 rings (SSSR count). The number of rotatable bonds is 7. The molecule has 3 aliphatic rings. The number of methoxy groups -OCH3 is 1. The van der Waals surface area contributed by atoms with Crippen LogP contribution in [0.5, 0.6) is 11.5 Å². The van der Waals surface area contributed by atoms with Gasteiger partial charge in [-0.1, -0.05) is 23.7 Å². The molecule has 1 unspecified atom stereocenters. The number of fused-ring (bicyclic) bond motifs is 3. The lowest BCUT2D eigenvalue weighted by molar-refractivity contribution is 0.0720. The van der Waals surface area contributed by atoms with E-state index in [9.17, 15) is 4.39 Å². The fourth-order valence-corrected chi connectivity index (χ4v) is 4.40. The first kappa shape index (κ1) is 19.5. The molecular formula is C22H26ClFN2O2. The number of nitrogens with zero attached hydrogens (tertiary/aromatic N) is 1. The maximum absolute atomic E-state index is 13.2. The van der Waals surface area contributed by atoms with Crippen LogP contribution in [0.3, 0.4) is 0 Å². The van der Waals surface area contributed by atoms with E-state index in [1.54, 1.807) is 13.2 Å². The van der Waals surface area contributed by atoms with Gasteiger partial charge in [-0.15, -0.1) is 0 Å². The van der Waals surface area contributed by atoms with Crippen LogP contribution in [0.4, 0.5) is 4.39 Å². The summed E-state index contributed by atoms with van der Waals surface area (Å²) < 4.78 is 24.6. The van der Waals surface area contributed by atoms with Gasteiger partial charge >= 0.3 is 0 Å². The second-order valence-electron chi connectivity index (χ2n) is 7.64. The Kier molecular flexibility index (Phi) is 6.04. The highest BCUT2D eigenvalue weighted by molar-refractivity contribution is 6.31. The summed E-state index contributed by atoms with van der Waals surface area (Å²) in [7, 11) is 1.64. The minimum absolute atomic E-state index is 0.257. The SMILES string of the molecule is COc1cc(CNC2CN3CCC2CC3)ccc1OCc1ccc(F)cc1Cl. The maximum Gasteiger partial charge on any atom is 0.161 e. The fourth-order valence-electron chi connectivity index (χ4n) is 4.18. The Hall–Kier alpha value is -1.82. The largest absolute Gasteiger partial charge is 0.493 e. The van der Waals surface area contributed by atoms with Gasteiger partial charge in [0.1, 0.15) is 12.4 Å². The van der Waals surface area contributed by atoms with Crippen molar-refractivity contribution in [2.24, 2.45) is 5.92 Å². The monoisotopic (exact) mass is 404 g/mol. The zero-order valence-corrected chi connectivity index (χ0v) is 16.8. The molecule has 6 heteroatoms. The zero-order valence-electron chi connectivity index (χ0n) is 16.1. The first-order valence-electron chi connectivity index (χ1n) is 9.82. The second kappa shape index (κ2) is 8.68. The van der Waals surface area contributed by atoms with Crippen molar-refractivity contribution in [3.63, 3.8) is 0 Å². The molecule has 0 spiro atoms. The molecule has 1 N–H and O–H groups in total. The van der Waals surface area contributed by atoms with E-state index in [4.69, 9.17) is 21.1 Å². The van der Waals surface area contributed by atoms with Crippen LogP contribution in [0, 0.1) is 11.7 Å². The van der Waals surface area contributed by atoms with Gasteiger partial charge in [-0.3, -0.25) is 0 Å². The summed E-state index contributed by atoms with van der Waals surface area (Å²) in [5, 5.41) is 4.08. The zero-order chi connectivity index (χ0) is 19.5. The number of piperidine rings is 3. The normalized spacial score (nSPS) is 23.6. The van der Waals surface area contributed by atoms with Crippen LogP contribution in [-0.4, -0.2) is 37.7 Å². The van der Waals surface area contributed by atoms with Crippen molar-refractivity contribution >= 4 is 11.6 Å². The number of ether oxygens (including phenoxy) is 2. The predicted molar refractivity (Wildman–Crippen MR) is 109 cm³/mol. The Morgan fingerprint density at radius 1 is 1.14 bits per heavy atom. The van der Waals surface area contributed by atoms with Crippen molar-refractivity contribution in [1.29, 1.82) is 0 Å². The van der Waals surface area contributed by atoms with E-state index in [0.29, 0.717) is 22.6 Å². The summed E-state index contributed by atoms with van der Waals surface area (Å²) in [6, 6.07) is 10.9. The van der Waals surface area contributed by atoms with Crippen molar-refractivity contribution in [3.8, 4) is 11.5 Å². The number of benzene rings is 2. The maximum atomic E-state index is 13.2. The highest BCUT2D eigenvalue weighted by atomic mass is 35.5. The van der Waals surface area contributed by atoms with E-state index >= 15 is 0 Å². The van der Waals surface area contributed by atoms with Gasteiger partial charge in [-0.25, -0.2) is 4.39 Å². The molecule has 3 aliphatic heterocycles. The first-order valence-corrected chi connectivity index (χ1v) is 10.2. The molecular weight excluding hydrogens is 379 g/mol.